The molecule has 0 bridgehead atoms. The summed E-state index contributed by atoms with van der Waals surface area (Å²) >= 11 is 0. The number of carbonyl (C=O) groups is 1. The van der Waals surface area contributed by atoms with Crippen molar-refractivity contribution >= 4 is 5.91 Å². The molecule has 1 aliphatic rings. The number of ether oxygens (including phenoxy) is 2. The highest BCUT2D eigenvalue weighted by Crippen LogP contribution is 2.26. The molecule has 1 fully saturated rings. The molecule has 6 nitrogen and oxygen atoms in total. The Labute approximate surface area is 160 Å². The number of benzene rings is 1. The SMILES string of the molecule is Cc1ccc(-c2nc(CCCC[C@H]3CO[C@@](C)(C(N)=O)OC3)c(C)o2)cc1. The largest absolute Gasteiger partial charge is 0.441 e. The van der Waals surface area contributed by atoms with Crippen LogP contribution in [0.15, 0.2) is 28.7 Å². The molecule has 1 aromatic heterocycles. The van der Waals surface area contributed by atoms with E-state index in [1.165, 1.54) is 5.56 Å². The second-order valence-corrected chi connectivity index (χ2v) is 7.43. The van der Waals surface area contributed by atoms with Crippen LogP contribution in [0.5, 0.6) is 0 Å². The second kappa shape index (κ2) is 8.23. The van der Waals surface area contributed by atoms with Gasteiger partial charge in [-0.25, -0.2) is 4.98 Å². The predicted molar refractivity (Wildman–Crippen MR) is 102 cm³/mol. The number of nitrogens with two attached hydrogens (primary N) is 1. The normalized spacial score (nSPS) is 22.7. The number of unbranched alkanes of at least 4 members (excludes halogenated alkanes) is 1. The molecule has 0 radical (unpaired) electrons. The Morgan fingerprint density at radius 3 is 2.48 bits per heavy atom. The van der Waals surface area contributed by atoms with Gasteiger partial charge in [-0.05, 0) is 52.2 Å². The van der Waals surface area contributed by atoms with Gasteiger partial charge in [0.1, 0.15) is 5.76 Å². The maximum Gasteiger partial charge on any atom is 0.277 e. The summed E-state index contributed by atoms with van der Waals surface area (Å²) in [7, 11) is 0. The number of oxazole rings is 1. The first-order valence-electron chi connectivity index (χ1n) is 9.48. The molecule has 0 aliphatic carbocycles. The van der Waals surface area contributed by atoms with Crippen LogP contribution in [-0.2, 0) is 20.7 Å². The summed E-state index contributed by atoms with van der Waals surface area (Å²) in [5, 5.41) is 0. The molecule has 1 aromatic carbocycles. The zero-order valence-electron chi connectivity index (χ0n) is 16.3. The van der Waals surface area contributed by atoms with E-state index >= 15 is 0 Å². The van der Waals surface area contributed by atoms with Crippen molar-refractivity contribution in [2.45, 2.75) is 52.2 Å². The molecule has 146 valence electrons. The van der Waals surface area contributed by atoms with Crippen LogP contribution in [0.2, 0.25) is 0 Å². The molecule has 0 saturated carbocycles. The number of hydrogen-bond donors (Lipinski definition) is 1. The van der Waals surface area contributed by atoms with Crippen molar-refractivity contribution < 1.29 is 18.7 Å². The average Bonchev–Trinajstić information content (AvgIpc) is 3.01. The van der Waals surface area contributed by atoms with Gasteiger partial charge in [0.05, 0.1) is 18.9 Å². The van der Waals surface area contributed by atoms with E-state index in [4.69, 9.17) is 19.6 Å². The Bertz CT molecular complexity index is 774. The number of primary amides is 1. The molecule has 0 unspecified atom stereocenters. The van der Waals surface area contributed by atoms with Crippen LogP contribution in [0, 0.1) is 19.8 Å². The molecule has 1 saturated heterocycles. The van der Waals surface area contributed by atoms with E-state index in [2.05, 4.69) is 24.0 Å². The van der Waals surface area contributed by atoms with Crippen LogP contribution >= 0.6 is 0 Å². The first-order chi connectivity index (χ1) is 12.9. The zero-order valence-corrected chi connectivity index (χ0v) is 16.3. The molecule has 6 heteroatoms. The summed E-state index contributed by atoms with van der Waals surface area (Å²) in [5.41, 5.74) is 8.53. The van der Waals surface area contributed by atoms with E-state index in [-0.39, 0.29) is 0 Å². The quantitative estimate of drug-likeness (QED) is 0.751. The third kappa shape index (κ3) is 4.76. The fourth-order valence-corrected chi connectivity index (χ4v) is 3.16. The van der Waals surface area contributed by atoms with Crippen molar-refractivity contribution in [2.75, 3.05) is 13.2 Å². The van der Waals surface area contributed by atoms with Gasteiger partial charge in [-0.1, -0.05) is 24.1 Å². The molecule has 3 rings (SSSR count). The minimum atomic E-state index is -1.28. The van der Waals surface area contributed by atoms with Gasteiger partial charge >= 0.3 is 0 Å². The maximum atomic E-state index is 11.3. The number of nitrogens with zero attached hydrogens (tertiary/aromatic N) is 1. The summed E-state index contributed by atoms with van der Waals surface area (Å²) in [6.07, 6.45) is 3.92. The third-order valence-electron chi connectivity index (χ3n) is 5.10. The minimum absolute atomic E-state index is 0.291. The van der Waals surface area contributed by atoms with E-state index in [1.54, 1.807) is 6.92 Å². The van der Waals surface area contributed by atoms with Crippen LogP contribution < -0.4 is 5.73 Å². The van der Waals surface area contributed by atoms with Crippen LogP contribution in [0.4, 0.5) is 0 Å². The van der Waals surface area contributed by atoms with Crippen LogP contribution in [-0.4, -0.2) is 29.9 Å². The molecule has 2 aromatic rings. The van der Waals surface area contributed by atoms with Crippen LogP contribution in [0.3, 0.4) is 0 Å². The molecule has 2 heterocycles. The van der Waals surface area contributed by atoms with E-state index in [0.717, 1.165) is 42.7 Å². The van der Waals surface area contributed by atoms with Gasteiger partial charge in [-0.15, -0.1) is 0 Å². The molecular formula is C21H28N2O4. The first kappa shape index (κ1) is 19.6. The lowest BCUT2D eigenvalue weighted by Gasteiger charge is -2.35. The van der Waals surface area contributed by atoms with Crippen LogP contribution in [0.1, 0.15) is 43.2 Å². The highest BCUT2D eigenvalue weighted by atomic mass is 16.7. The fraction of sp³-hybridized carbons (Fsp3) is 0.524. The molecule has 2 N–H and O–H groups in total. The lowest BCUT2D eigenvalue weighted by Crippen LogP contribution is -2.51. The molecular weight excluding hydrogens is 344 g/mol. The van der Waals surface area contributed by atoms with E-state index in [1.807, 2.05) is 19.1 Å². The van der Waals surface area contributed by atoms with Gasteiger partial charge in [0.2, 0.25) is 11.7 Å². The summed E-state index contributed by atoms with van der Waals surface area (Å²) in [6, 6.07) is 8.19. The van der Waals surface area contributed by atoms with Crippen molar-refractivity contribution in [3.63, 3.8) is 0 Å². The van der Waals surface area contributed by atoms with Gasteiger partial charge in [-0.3, -0.25) is 4.79 Å². The highest BCUT2D eigenvalue weighted by molar-refractivity contribution is 5.81. The standard InChI is InChI=1S/C21H28N2O4/c1-14-8-10-17(11-9-14)19-23-18(15(2)27-19)7-5-4-6-16-12-25-21(3,20(22)24)26-13-16/h8-11,16H,4-7,12-13H2,1-3H3,(H2,22,24)/t16-,21+. The van der Waals surface area contributed by atoms with Gasteiger partial charge < -0.3 is 19.6 Å². The third-order valence-corrected chi connectivity index (χ3v) is 5.10. The summed E-state index contributed by atoms with van der Waals surface area (Å²) in [6.45, 7) is 6.60. The number of hydrogen-bond acceptors (Lipinski definition) is 5. The van der Waals surface area contributed by atoms with Crippen molar-refractivity contribution in [1.82, 2.24) is 4.98 Å². The summed E-state index contributed by atoms with van der Waals surface area (Å²) in [5.74, 6) is 0.000920. The maximum absolute atomic E-state index is 11.3. The predicted octanol–water partition coefficient (Wildman–Crippen LogP) is 3.54. The lowest BCUT2D eigenvalue weighted by atomic mass is 10.0. The smallest absolute Gasteiger partial charge is 0.277 e. The Kier molecular flexibility index (Phi) is 5.97. The zero-order chi connectivity index (χ0) is 19.4. The monoisotopic (exact) mass is 372 g/mol. The van der Waals surface area contributed by atoms with Gasteiger partial charge in [-0.2, -0.15) is 0 Å². The molecule has 0 spiro atoms. The molecule has 0 atom stereocenters. The van der Waals surface area contributed by atoms with Crippen molar-refractivity contribution in [3.8, 4) is 11.5 Å². The Hall–Kier alpha value is -2.18. The van der Waals surface area contributed by atoms with Crippen molar-refractivity contribution in [3.05, 3.63) is 41.3 Å². The van der Waals surface area contributed by atoms with Gasteiger partial charge in [0.15, 0.2) is 0 Å². The Morgan fingerprint density at radius 2 is 1.85 bits per heavy atom. The van der Waals surface area contributed by atoms with E-state index < -0.39 is 11.7 Å². The molecule has 1 aliphatic heterocycles. The number of rotatable bonds is 7. The van der Waals surface area contributed by atoms with Crippen molar-refractivity contribution in [2.24, 2.45) is 11.7 Å². The van der Waals surface area contributed by atoms with Crippen molar-refractivity contribution in [1.29, 1.82) is 0 Å². The second-order valence-electron chi connectivity index (χ2n) is 7.43. The summed E-state index contributed by atoms with van der Waals surface area (Å²) < 4.78 is 16.9. The first-order valence-corrected chi connectivity index (χ1v) is 9.48. The number of aromatic nitrogens is 1. The molecule has 1 amide bonds. The number of carbonyl (C=O) groups excluding carboxylic acids is 1. The molecule has 27 heavy (non-hydrogen) atoms. The van der Waals surface area contributed by atoms with E-state index in [9.17, 15) is 4.79 Å². The average molecular weight is 372 g/mol. The van der Waals surface area contributed by atoms with Gasteiger partial charge in [0, 0.05) is 11.5 Å². The lowest BCUT2D eigenvalue weighted by molar-refractivity contribution is -0.258. The fourth-order valence-electron chi connectivity index (χ4n) is 3.16. The highest BCUT2D eigenvalue weighted by Gasteiger charge is 2.38. The minimum Gasteiger partial charge on any atom is -0.441 e. The van der Waals surface area contributed by atoms with Crippen LogP contribution in [0.25, 0.3) is 11.5 Å². The number of amides is 1. The Balaban J connectivity index is 1.45. The van der Waals surface area contributed by atoms with E-state index in [0.29, 0.717) is 25.0 Å². The number of aryl methyl sites for hydroxylation is 3. The summed E-state index contributed by atoms with van der Waals surface area (Å²) in [4.78, 5) is 16.0. The van der Waals surface area contributed by atoms with Gasteiger partial charge in [0.25, 0.3) is 5.91 Å². The Morgan fingerprint density at radius 1 is 1.19 bits per heavy atom. The topological polar surface area (TPSA) is 87.6 Å².